The molecule has 25 heavy (non-hydrogen) atoms. The molecule has 2 saturated heterocycles. The topological polar surface area (TPSA) is 42.0 Å². The number of morpholine rings is 1. The summed E-state index contributed by atoms with van der Waals surface area (Å²) in [6, 6.07) is 8.17. The van der Waals surface area contributed by atoms with Crippen LogP contribution in [0.4, 0.5) is 0 Å². The van der Waals surface area contributed by atoms with Crippen LogP contribution in [0.1, 0.15) is 32.3 Å². The standard InChI is InChI=1S/C20H30N2O3/c1-15-12-22(13-16(2)25-15)20(23)17-8-10-21(11-9-17)14-18-6-4-5-7-19(18)24-3/h4-7,15-17H,8-14H2,1-3H3. The fraction of sp³-hybridized carbons (Fsp3) is 0.650. The minimum absolute atomic E-state index is 0.137. The summed E-state index contributed by atoms with van der Waals surface area (Å²) >= 11 is 0. The maximum absolute atomic E-state index is 12.8. The van der Waals surface area contributed by atoms with Crippen molar-refractivity contribution in [3.05, 3.63) is 29.8 Å². The summed E-state index contributed by atoms with van der Waals surface area (Å²) < 4.78 is 11.2. The van der Waals surface area contributed by atoms with E-state index in [1.165, 1.54) is 5.56 Å². The van der Waals surface area contributed by atoms with Gasteiger partial charge in [-0.2, -0.15) is 0 Å². The number of para-hydroxylation sites is 1. The first-order chi connectivity index (χ1) is 12.1. The van der Waals surface area contributed by atoms with Crippen molar-refractivity contribution < 1.29 is 14.3 Å². The fourth-order valence-corrected chi connectivity index (χ4v) is 4.03. The normalized spacial score (nSPS) is 25.8. The number of benzene rings is 1. The summed E-state index contributed by atoms with van der Waals surface area (Å²) in [5, 5.41) is 0. The first kappa shape index (κ1) is 18.2. The van der Waals surface area contributed by atoms with E-state index in [2.05, 4.69) is 17.0 Å². The minimum atomic E-state index is 0.137. The molecule has 2 aliphatic rings. The van der Waals surface area contributed by atoms with Gasteiger partial charge in [-0.25, -0.2) is 0 Å². The number of nitrogens with zero attached hydrogens (tertiary/aromatic N) is 2. The van der Waals surface area contributed by atoms with Crippen LogP contribution in [0.15, 0.2) is 24.3 Å². The predicted molar refractivity (Wildman–Crippen MR) is 97.6 cm³/mol. The molecule has 0 radical (unpaired) electrons. The Labute approximate surface area is 150 Å². The van der Waals surface area contributed by atoms with Crippen LogP contribution >= 0.6 is 0 Å². The highest BCUT2D eigenvalue weighted by molar-refractivity contribution is 5.79. The zero-order valence-electron chi connectivity index (χ0n) is 15.6. The van der Waals surface area contributed by atoms with Crippen molar-refractivity contribution >= 4 is 5.91 Å². The first-order valence-corrected chi connectivity index (χ1v) is 9.35. The average Bonchev–Trinajstić information content (AvgIpc) is 2.61. The Morgan fingerprint density at radius 2 is 1.80 bits per heavy atom. The highest BCUT2D eigenvalue weighted by Crippen LogP contribution is 2.25. The lowest BCUT2D eigenvalue weighted by Crippen LogP contribution is -2.51. The van der Waals surface area contributed by atoms with Gasteiger partial charge < -0.3 is 14.4 Å². The molecule has 1 aromatic carbocycles. The number of carbonyl (C=O) groups is 1. The Kier molecular flexibility index (Phi) is 5.97. The quantitative estimate of drug-likeness (QED) is 0.840. The van der Waals surface area contributed by atoms with E-state index in [0.717, 1.165) is 51.3 Å². The summed E-state index contributed by atoms with van der Waals surface area (Å²) in [5.74, 6) is 1.42. The Balaban J connectivity index is 1.52. The second-order valence-corrected chi connectivity index (χ2v) is 7.36. The van der Waals surface area contributed by atoms with Gasteiger partial charge in [-0.05, 0) is 45.8 Å². The van der Waals surface area contributed by atoms with Crippen molar-refractivity contribution in [3.63, 3.8) is 0 Å². The number of amides is 1. The number of methoxy groups -OCH3 is 1. The molecule has 1 amide bonds. The maximum atomic E-state index is 12.8. The Bertz CT molecular complexity index is 574. The van der Waals surface area contributed by atoms with Gasteiger partial charge >= 0.3 is 0 Å². The van der Waals surface area contributed by atoms with E-state index in [1.54, 1.807) is 7.11 Å². The molecule has 3 rings (SSSR count). The van der Waals surface area contributed by atoms with Crippen LogP contribution in [-0.2, 0) is 16.1 Å². The number of ether oxygens (including phenoxy) is 2. The maximum Gasteiger partial charge on any atom is 0.225 e. The molecule has 0 spiro atoms. The number of piperidine rings is 1. The molecular formula is C20H30N2O3. The lowest BCUT2D eigenvalue weighted by molar-refractivity contribution is -0.148. The molecule has 5 nitrogen and oxygen atoms in total. The molecule has 0 N–H and O–H groups in total. The van der Waals surface area contributed by atoms with Crippen molar-refractivity contribution in [1.82, 2.24) is 9.80 Å². The Morgan fingerprint density at radius 1 is 1.16 bits per heavy atom. The van der Waals surface area contributed by atoms with Gasteiger partial charge in [-0.15, -0.1) is 0 Å². The van der Waals surface area contributed by atoms with Crippen LogP contribution in [0.2, 0.25) is 0 Å². The predicted octanol–water partition coefficient (Wildman–Crippen LogP) is 2.54. The lowest BCUT2D eigenvalue weighted by atomic mass is 9.94. The van der Waals surface area contributed by atoms with Gasteiger partial charge in [0.25, 0.3) is 0 Å². The van der Waals surface area contributed by atoms with Gasteiger partial charge in [0.2, 0.25) is 5.91 Å². The Hall–Kier alpha value is -1.59. The highest BCUT2D eigenvalue weighted by atomic mass is 16.5. The van der Waals surface area contributed by atoms with E-state index in [4.69, 9.17) is 9.47 Å². The molecule has 5 heteroatoms. The third kappa shape index (κ3) is 4.53. The molecule has 0 saturated carbocycles. The van der Waals surface area contributed by atoms with E-state index in [9.17, 15) is 4.79 Å². The van der Waals surface area contributed by atoms with E-state index < -0.39 is 0 Å². The van der Waals surface area contributed by atoms with E-state index in [0.29, 0.717) is 5.91 Å². The summed E-state index contributed by atoms with van der Waals surface area (Å²) in [5.41, 5.74) is 1.21. The fourth-order valence-electron chi connectivity index (χ4n) is 4.03. The van der Waals surface area contributed by atoms with Crippen LogP contribution in [0, 0.1) is 5.92 Å². The van der Waals surface area contributed by atoms with Crippen molar-refractivity contribution in [2.24, 2.45) is 5.92 Å². The Morgan fingerprint density at radius 3 is 2.44 bits per heavy atom. The second-order valence-electron chi connectivity index (χ2n) is 7.36. The van der Waals surface area contributed by atoms with Gasteiger partial charge in [0.15, 0.2) is 0 Å². The molecule has 0 aromatic heterocycles. The first-order valence-electron chi connectivity index (χ1n) is 9.35. The van der Waals surface area contributed by atoms with Crippen molar-refractivity contribution in [1.29, 1.82) is 0 Å². The number of hydrogen-bond acceptors (Lipinski definition) is 4. The molecule has 0 aliphatic carbocycles. The zero-order valence-corrected chi connectivity index (χ0v) is 15.6. The van der Waals surface area contributed by atoms with Gasteiger partial charge in [0, 0.05) is 31.1 Å². The molecule has 0 bridgehead atoms. The van der Waals surface area contributed by atoms with Gasteiger partial charge in [0.05, 0.1) is 19.3 Å². The zero-order chi connectivity index (χ0) is 17.8. The molecule has 138 valence electrons. The molecular weight excluding hydrogens is 316 g/mol. The lowest BCUT2D eigenvalue weighted by Gasteiger charge is -2.39. The van der Waals surface area contributed by atoms with Gasteiger partial charge in [-0.3, -0.25) is 9.69 Å². The summed E-state index contributed by atoms with van der Waals surface area (Å²) in [7, 11) is 1.72. The van der Waals surface area contributed by atoms with Gasteiger partial charge in [-0.1, -0.05) is 18.2 Å². The van der Waals surface area contributed by atoms with Crippen LogP contribution in [0.5, 0.6) is 5.75 Å². The molecule has 2 heterocycles. The summed E-state index contributed by atoms with van der Waals surface area (Å²) in [4.78, 5) is 17.3. The number of rotatable bonds is 4. The molecule has 2 aliphatic heterocycles. The molecule has 2 fully saturated rings. The molecule has 2 unspecified atom stereocenters. The number of likely N-dealkylation sites (tertiary alicyclic amines) is 1. The second kappa shape index (κ2) is 8.19. The van der Waals surface area contributed by atoms with Crippen molar-refractivity contribution in [2.45, 2.75) is 45.4 Å². The summed E-state index contributed by atoms with van der Waals surface area (Å²) in [6.45, 7) is 8.36. The van der Waals surface area contributed by atoms with Crippen molar-refractivity contribution in [3.8, 4) is 5.75 Å². The van der Waals surface area contributed by atoms with Crippen LogP contribution < -0.4 is 4.74 Å². The highest BCUT2D eigenvalue weighted by Gasteiger charge is 2.32. The average molecular weight is 346 g/mol. The largest absolute Gasteiger partial charge is 0.496 e. The minimum Gasteiger partial charge on any atom is -0.496 e. The van der Waals surface area contributed by atoms with E-state index >= 15 is 0 Å². The van der Waals surface area contributed by atoms with E-state index in [1.807, 2.05) is 30.9 Å². The van der Waals surface area contributed by atoms with Crippen molar-refractivity contribution in [2.75, 3.05) is 33.3 Å². The number of carbonyl (C=O) groups excluding carboxylic acids is 1. The van der Waals surface area contributed by atoms with Crippen LogP contribution in [0.3, 0.4) is 0 Å². The third-order valence-corrected chi connectivity index (χ3v) is 5.25. The molecule has 1 aromatic rings. The van der Waals surface area contributed by atoms with Gasteiger partial charge in [0.1, 0.15) is 5.75 Å². The third-order valence-electron chi connectivity index (χ3n) is 5.25. The van der Waals surface area contributed by atoms with Crippen LogP contribution in [0.25, 0.3) is 0 Å². The monoisotopic (exact) mass is 346 g/mol. The smallest absolute Gasteiger partial charge is 0.225 e. The molecule has 2 atom stereocenters. The SMILES string of the molecule is COc1ccccc1CN1CCC(C(=O)N2CC(C)OC(C)C2)CC1. The number of hydrogen-bond donors (Lipinski definition) is 0. The summed E-state index contributed by atoms with van der Waals surface area (Å²) in [6.07, 6.45) is 2.15. The van der Waals surface area contributed by atoms with E-state index in [-0.39, 0.29) is 18.1 Å². The van der Waals surface area contributed by atoms with Crippen LogP contribution in [-0.4, -0.2) is 61.2 Å².